The van der Waals surface area contributed by atoms with Crippen LogP contribution in [0.1, 0.15) is 13.8 Å². The molecule has 0 aromatic carbocycles. The van der Waals surface area contributed by atoms with Gasteiger partial charge in [0.25, 0.3) is 0 Å². The molecular weight excluding hydrogens is 183 g/mol. The van der Waals surface area contributed by atoms with Gasteiger partial charge < -0.3 is 5.11 Å². The van der Waals surface area contributed by atoms with Crippen molar-refractivity contribution in [1.82, 2.24) is 0 Å². The van der Waals surface area contributed by atoms with Gasteiger partial charge in [-0.3, -0.25) is 0 Å². The first-order chi connectivity index (χ1) is 5.43. The average molecular weight is 195 g/mol. The van der Waals surface area contributed by atoms with Crippen LogP contribution in [0.25, 0.3) is 0 Å². The van der Waals surface area contributed by atoms with Crippen LogP contribution in [0.15, 0.2) is 0 Å². The molecule has 0 aromatic heterocycles. The van der Waals surface area contributed by atoms with Gasteiger partial charge in [-0.25, -0.2) is 4.79 Å². The fourth-order valence-electron chi connectivity index (χ4n) is 0.961. The van der Waals surface area contributed by atoms with Crippen molar-refractivity contribution in [1.29, 1.82) is 0 Å². The fourth-order valence-corrected chi connectivity index (χ4v) is 2.88. The lowest BCUT2D eigenvalue weighted by Gasteiger charge is -2.05. The molecule has 0 amide bonds. The van der Waals surface area contributed by atoms with Gasteiger partial charge in [0.2, 0.25) is 6.16 Å². The second-order valence-electron chi connectivity index (χ2n) is 2.81. The van der Waals surface area contributed by atoms with Crippen molar-refractivity contribution in [3.05, 3.63) is 0 Å². The number of carboxylic acids is 1. The average Bonchev–Trinajstić information content (AvgIpc) is 2.04. The van der Waals surface area contributed by atoms with Crippen molar-refractivity contribution >= 4 is 13.9 Å². The van der Waals surface area contributed by atoms with E-state index in [2.05, 4.69) is 0 Å². The SMILES string of the molecule is CC1O[P+](O)(CC(=O)O)OC1C. The van der Waals surface area contributed by atoms with Gasteiger partial charge in [-0.2, -0.15) is 13.9 Å². The smallest absolute Gasteiger partial charge is 0.421 e. The summed E-state index contributed by atoms with van der Waals surface area (Å²) in [5.74, 6) is -1.10. The Hall–Kier alpha value is -0.220. The number of hydrogen-bond donors (Lipinski definition) is 2. The molecular formula is C6H12O5P+. The summed E-state index contributed by atoms with van der Waals surface area (Å²) in [6, 6.07) is 0. The molecule has 70 valence electrons. The zero-order valence-corrected chi connectivity index (χ0v) is 7.82. The highest BCUT2D eigenvalue weighted by Gasteiger charge is 2.54. The van der Waals surface area contributed by atoms with Crippen LogP contribution in [0.4, 0.5) is 0 Å². The number of rotatable bonds is 2. The van der Waals surface area contributed by atoms with Gasteiger partial charge in [-0.15, -0.1) is 0 Å². The lowest BCUT2D eigenvalue weighted by molar-refractivity contribution is -0.134. The highest BCUT2D eigenvalue weighted by Crippen LogP contribution is 2.63. The van der Waals surface area contributed by atoms with Gasteiger partial charge in [0, 0.05) is 0 Å². The molecule has 1 fully saturated rings. The van der Waals surface area contributed by atoms with Crippen LogP contribution in [0.2, 0.25) is 0 Å². The maximum Gasteiger partial charge on any atom is 0.421 e. The Morgan fingerprint density at radius 3 is 2.17 bits per heavy atom. The Morgan fingerprint density at radius 2 is 1.83 bits per heavy atom. The minimum absolute atomic E-state index is 0.234. The normalized spacial score (nSPS) is 41.6. The molecule has 0 spiro atoms. The van der Waals surface area contributed by atoms with Crippen LogP contribution in [0, 0.1) is 0 Å². The van der Waals surface area contributed by atoms with Crippen LogP contribution in [0.5, 0.6) is 0 Å². The second-order valence-corrected chi connectivity index (χ2v) is 4.82. The van der Waals surface area contributed by atoms with Crippen molar-refractivity contribution < 1.29 is 23.8 Å². The number of hydrogen-bond acceptors (Lipinski definition) is 4. The highest BCUT2D eigenvalue weighted by molar-refractivity contribution is 7.61. The summed E-state index contributed by atoms with van der Waals surface area (Å²) in [4.78, 5) is 19.8. The van der Waals surface area contributed by atoms with E-state index >= 15 is 0 Å². The van der Waals surface area contributed by atoms with Gasteiger partial charge in [0.1, 0.15) is 12.2 Å². The molecule has 1 aliphatic heterocycles. The molecule has 0 aliphatic carbocycles. The molecule has 0 bridgehead atoms. The third-order valence-electron chi connectivity index (χ3n) is 1.66. The van der Waals surface area contributed by atoms with Crippen molar-refractivity contribution in [2.75, 3.05) is 6.16 Å². The van der Waals surface area contributed by atoms with Gasteiger partial charge in [0.15, 0.2) is 0 Å². The summed E-state index contributed by atoms with van der Waals surface area (Å²) in [6.07, 6.45) is -0.910. The predicted molar refractivity (Wildman–Crippen MR) is 42.7 cm³/mol. The van der Waals surface area contributed by atoms with Gasteiger partial charge in [-0.05, 0) is 13.8 Å². The lowest BCUT2D eigenvalue weighted by atomic mass is 10.3. The van der Waals surface area contributed by atoms with Crippen LogP contribution in [-0.2, 0) is 13.8 Å². The molecule has 0 radical (unpaired) electrons. The molecule has 2 atom stereocenters. The van der Waals surface area contributed by atoms with Gasteiger partial charge in [-0.1, -0.05) is 0 Å². The van der Waals surface area contributed by atoms with E-state index in [1.54, 1.807) is 13.8 Å². The first-order valence-corrected chi connectivity index (χ1v) is 5.38. The van der Waals surface area contributed by atoms with E-state index in [0.29, 0.717) is 0 Å². The van der Waals surface area contributed by atoms with E-state index in [4.69, 9.17) is 14.2 Å². The van der Waals surface area contributed by atoms with E-state index in [9.17, 15) is 9.69 Å². The molecule has 6 heteroatoms. The van der Waals surface area contributed by atoms with E-state index in [0.717, 1.165) is 0 Å². The second kappa shape index (κ2) is 3.26. The molecule has 1 rings (SSSR count). The van der Waals surface area contributed by atoms with Crippen LogP contribution >= 0.6 is 7.94 Å². The van der Waals surface area contributed by atoms with Gasteiger partial charge >= 0.3 is 13.9 Å². The zero-order valence-electron chi connectivity index (χ0n) is 6.93. The minimum Gasteiger partial charge on any atom is -0.478 e. The summed E-state index contributed by atoms with van der Waals surface area (Å²) >= 11 is 0. The summed E-state index contributed by atoms with van der Waals surface area (Å²) in [5, 5.41) is 8.42. The predicted octanol–water partition coefficient (Wildman–Crippen LogP) is 0.650. The lowest BCUT2D eigenvalue weighted by Crippen LogP contribution is -2.13. The number of aliphatic carboxylic acids is 1. The van der Waals surface area contributed by atoms with Crippen LogP contribution in [0.3, 0.4) is 0 Å². The topological polar surface area (TPSA) is 76.0 Å². The Kier molecular flexibility index (Phi) is 2.68. The van der Waals surface area contributed by atoms with Gasteiger partial charge in [0.05, 0.1) is 0 Å². The van der Waals surface area contributed by atoms with Crippen molar-refractivity contribution in [2.24, 2.45) is 0 Å². The molecule has 1 saturated heterocycles. The van der Waals surface area contributed by atoms with E-state index in [-0.39, 0.29) is 12.2 Å². The fraction of sp³-hybridized carbons (Fsp3) is 0.833. The Labute approximate surface area is 70.9 Å². The van der Waals surface area contributed by atoms with Crippen molar-refractivity contribution in [2.45, 2.75) is 26.1 Å². The van der Waals surface area contributed by atoms with Crippen LogP contribution < -0.4 is 0 Å². The standard InChI is InChI=1S/C6H11O5P/c1-4-5(2)11-12(9,10-4)3-6(7)8/h4-5,9H,3H2,1-2H3/p+1. The minimum atomic E-state index is -3.09. The summed E-state index contributed by atoms with van der Waals surface area (Å²) in [6.45, 7) is 3.48. The molecule has 2 unspecified atom stereocenters. The maximum absolute atomic E-state index is 10.3. The van der Waals surface area contributed by atoms with Crippen molar-refractivity contribution in [3.63, 3.8) is 0 Å². The zero-order chi connectivity index (χ0) is 9.35. The third kappa shape index (κ3) is 2.14. The van der Waals surface area contributed by atoms with Crippen LogP contribution in [-0.4, -0.2) is 34.3 Å². The number of carbonyl (C=O) groups is 1. The molecule has 1 aliphatic rings. The molecule has 1 heterocycles. The van der Waals surface area contributed by atoms with E-state index < -0.39 is 20.1 Å². The monoisotopic (exact) mass is 195 g/mol. The third-order valence-corrected chi connectivity index (χ3v) is 3.65. The summed E-state index contributed by atoms with van der Waals surface area (Å²) in [7, 11) is -3.09. The molecule has 0 saturated carbocycles. The Morgan fingerprint density at radius 1 is 1.42 bits per heavy atom. The van der Waals surface area contributed by atoms with E-state index in [1.165, 1.54) is 0 Å². The van der Waals surface area contributed by atoms with Crippen molar-refractivity contribution in [3.8, 4) is 0 Å². The largest absolute Gasteiger partial charge is 0.478 e. The van der Waals surface area contributed by atoms with E-state index in [1.807, 2.05) is 0 Å². The number of carboxylic acid groups (broad SMARTS) is 1. The summed E-state index contributed by atoms with van der Waals surface area (Å²) < 4.78 is 10.1. The highest BCUT2D eigenvalue weighted by atomic mass is 31.2. The first kappa shape index (κ1) is 9.86. The Balaban J connectivity index is 2.57. The quantitative estimate of drug-likeness (QED) is 0.632. The maximum atomic E-state index is 10.3. The molecule has 5 nitrogen and oxygen atoms in total. The molecule has 0 aromatic rings. The molecule has 12 heavy (non-hydrogen) atoms. The Bertz CT molecular complexity index is 184. The first-order valence-electron chi connectivity index (χ1n) is 3.62. The molecule has 2 N–H and O–H groups in total. The summed E-state index contributed by atoms with van der Waals surface area (Å²) in [5.41, 5.74) is 0.